The molecule has 214 valence electrons. The Labute approximate surface area is 244 Å². The smallest absolute Gasteiger partial charge is 0.304 e. The number of aromatic nitrogens is 2. The number of hydrogen-bond donors (Lipinski definition) is 1. The van der Waals surface area contributed by atoms with E-state index >= 15 is 0 Å². The predicted octanol–water partition coefficient (Wildman–Crippen LogP) is 6.41. The number of nitrogens with zero attached hydrogens (tertiary/aromatic N) is 4. The molecule has 1 saturated carbocycles. The van der Waals surface area contributed by atoms with Gasteiger partial charge < -0.3 is 5.11 Å². The van der Waals surface area contributed by atoms with Crippen LogP contribution in [-0.2, 0) is 14.4 Å². The van der Waals surface area contributed by atoms with E-state index in [0.29, 0.717) is 36.4 Å². The fourth-order valence-electron chi connectivity index (χ4n) is 6.98. The SMILES string of the molecule is O=C(O)CC1C(=O)N(c2nc(-c3ccccc3-c3ccc(N4CCCC4=O)nc3)cs2)CCCCC1C1CCCC1. The molecule has 3 fully saturated rings. The summed E-state index contributed by atoms with van der Waals surface area (Å²) in [7, 11) is 0. The van der Waals surface area contributed by atoms with Gasteiger partial charge in [0.1, 0.15) is 5.82 Å². The Balaban J connectivity index is 1.27. The molecular weight excluding hydrogens is 536 g/mol. The monoisotopic (exact) mass is 572 g/mol. The van der Waals surface area contributed by atoms with Gasteiger partial charge in [-0.1, -0.05) is 56.4 Å². The fraction of sp³-hybridized carbons (Fsp3) is 0.469. The van der Waals surface area contributed by atoms with Crippen LogP contribution in [0.5, 0.6) is 0 Å². The zero-order valence-electron chi connectivity index (χ0n) is 23.2. The Kier molecular flexibility index (Phi) is 8.14. The van der Waals surface area contributed by atoms with E-state index in [9.17, 15) is 19.5 Å². The summed E-state index contributed by atoms with van der Waals surface area (Å²) in [5.41, 5.74) is 3.61. The molecule has 2 amide bonds. The van der Waals surface area contributed by atoms with E-state index < -0.39 is 11.9 Å². The average Bonchev–Trinajstić information content (AvgIpc) is 3.76. The second kappa shape index (κ2) is 12.1. The first-order valence-corrected chi connectivity index (χ1v) is 15.7. The lowest BCUT2D eigenvalue weighted by atomic mass is 9.74. The van der Waals surface area contributed by atoms with Crippen molar-refractivity contribution in [1.29, 1.82) is 0 Å². The molecule has 3 aliphatic rings. The number of anilines is 2. The van der Waals surface area contributed by atoms with E-state index in [2.05, 4.69) is 4.98 Å². The molecule has 0 bridgehead atoms. The molecule has 2 unspecified atom stereocenters. The minimum atomic E-state index is -0.908. The highest BCUT2D eigenvalue weighted by atomic mass is 32.1. The largest absolute Gasteiger partial charge is 0.481 e. The number of amides is 2. The third kappa shape index (κ3) is 5.77. The standard InChI is InChI=1S/C32H36N4O4S/c37-29-13-7-17-35(29)28-15-14-22(19-33-28)24-10-3-4-12-25(24)27-20-41-32(34-27)36-16-6-5-11-23(21-8-1-2-9-21)26(31(36)40)18-30(38)39/h3-4,10,12,14-15,19-21,23,26H,1-2,5-9,11,13,16-18H2,(H,38,39). The molecular formula is C32H36N4O4S. The maximum absolute atomic E-state index is 14.0. The molecule has 2 saturated heterocycles. The van der Waals surface area contributed by atoms with Crippen LogP contribution in [0, 0.1) is 17.8 Å². The highest BCUT2D eigenvalue weighted by Crippen LogP contribution is 2.42. The molecule has 9 heteroatoms. The minimum Gasteiger partial charge on any atom is -0.481 e. The van der Waals surface area contributed by atoms with E-state index in [-0.39, 0.29) is 24.2 Å². The first kappa shape index (κ1) is 27.6. The third-order valence-electron chi connectivity index (χ3n) is 9.00. The van der Waals surface area contributed by atoms with Gasteiger partial charge in [-0.05, 0) is 48.8 Å². The summed E-state index contributed by atoms with van der Waals surface area (Å²) >= 11 is 1.44. The molecule has 1 N–H and O–H groups in total. The van der Waals surface area contributed by atoms with Crippen molar-refractivity contribution in [3.63, 3.8) is 0 Å². The van der Waals surface area contributed by atoms with Crippen molar-refractivity contribution in [1.82, 2.24) is 9.97 Å². The van der Waals surface area contributed by atoms with Gasteiger partial charge in [0.2, 0.25) is 11.8 Å². The summed E-state index contributed by atoms with van der Waals surface area (Å²) in [5.74, 6) is -0.168. The molecule has 4 heterocycles. The molecule has 1 aromatic carbocycles. The predicted molar refractivity (Wildman–Crippen MR) is 160 cm³/mol. The zero-order chi connectivity index (χ0) is 28.3. The van der Waals surface area contributed by atoms with Gasteiger partial charge in [-0.3, -0.25) is 24.2 Å². The topological polar surface area (TPSA) is 104 Å². The maximum Gasteiger partial charge on any atom is 0.304 e. The molecule has 41 heavy (non-hydrogen) atoms. The highest BCUT2D eigenvalue weighted by Gasteiger charge is 2.40. The van der Waals surface area contributed by atoms with Gasteiger partial charge in [0, 0.05) is 42.2 Å². The number of thiazole rings is 1. The Morgan fingerprint density at radius 3 is 2.39 bits per heavy atom. The van der Waals surface area contributed by atoms with Gasteiger partial charge >= 0.3 is 5.97 Å². The Hall–Kier alpha value is -3.59. The Morgan fingerprint density at radius 2 is 1.68 bits per heavy atom. The van der Waals surface area contributed by atoms with E-state index in [1.807, 2.05) is 41.8 Å². The van der Waals surface area contributed by atoms with Gasteiger partial charge in [-0.2, -0.15) is 0 Å². The number of rotatable bonds is 7. The Bertz CT molecular complexity index is 1420. The summed E-state index contributed by atoms with van der Waals surface area (Å²) in [6, 6.07) is 11.9. The van der Waals surface area contributed by atoms with Crippen LogP contribution in [0.1, 0.15) is 64.2 Å². The van der Waals surface area contributed by atoms with Gasteiger partial charge in [0.15, 0.2) is 5.13 Å². The fourth-order valence-corrected chi connectivity index (χ4v) is 7.83. The first-order chi connectivity index (χ1) is 20.0. The second-order valence-electron chi connectivity index (χ2n) is 11.5. The number of hydrogen-bond acceptors (Lipinski definition) is 6. The number of benzene rings is 1. The third-order valence-corrected chi connectivity index (χ3v) is 9.87. The van der Waals surface area contributed by atoms with Crippen LogP contribution in [0.15, 0.2) is 48.0 Å². The molecule has 6 rings (SSSR count). The summed E-state index contributed by atoms with van der Waals surface area (Å²) in [6.45, 7) is 1.26. The highest BCUT2D eigenvalue weighted by molar-refractivity contribution is 7.14. The zero-order valence-corrected chi connectivity index (χ0v) is 24.0. The van der Waals surface area contributed by atoms with Crippen LogP contribution < -0.4 is 9.80 Å². The number of carboxylic acids is 1. The molecule has 0 spiro atoms. The number of pyridine rings is 1. The Morgan fingerprint density at radius 1 is 0.927 bits per heavy atom. The van der Waals surface area contributed by atoms with Crippen molar-refractivity contribution < 1.29 is 19.5 Å². The molecule has 2 aromatic heterocycles. The van der Waals surface area contributed by atoms with Crippen LogP contribution in [0.25, 0.3) is 22.4 Å². The van der Waals surface area contributed by atoms with Crippen LogP contribution in [0.3, 0.4) is 0 Å². The lowest BCUT2D eigenvalue weighted by Gasteiger charge is -2.35. The van der Waals surface area contributed by atoms with Crippen LogP contribution in [0.4, 0.5) is 10.9 Å². The summed E-state index contributed by atoms with van der Waals surface area (Å²) in [6.07, 6.45) is 10.4. The van der Waals surface area contributed by atoms with Gasteiger partial charge in [-0.15, -0.1) is 11.3 Å². The normalized spacial score (nSPS) is 22.2. The van der Waals surface area contributed by atoms with Crippen LogP contribution in [0.2, 0.25) is 0 Å². The first-order valence-electron chi connectivity index (χ1n) is 14.8. The lowest BCUT2D eigenvalue weighted by Crippen LogP contribution is -2.44. The van der Waals surface area contributed by atoms with Crippen molar-refractivity contribution in [2.24, 2.45) is 17.8 Å². The summed E-state index contributed by atoms with van der Waals surface area (Å²) < 4.78 is 0. The minimum absolute atomic E-state index is 0.0885. The molecule has 0 radical (unpaired) electrons. The van der Waals surface area contributed by atoms with Crippen molar-refractivity contribution in [2.45, 2.75) is 64.2 Å². The number of carbonyl (C=O) groups is 3. The second-order valence-corrected chi connectivity index (χ2v) is 12.3. The van der Waals surface area contributed by atoms with E-state index in [1.165, 1.54) is 24.2 Å². The van der Waals surface area contributed by atoms with Crippen molar-refractivity contribution in [3.05, 3.63) is 48.0 Å². The average molecular weight is 573 g/mol. The number of aliphatic carboxylic acids is 1. The van der Waals surface area contributed by atoms with E-state index in [1.54, 1.807) is 16.0 Å². The summed E-state index contributed by atoms with van der Waals surface area (Å²) in [5, 5.41) is 12.3. The molecule has 2 aliphatic heterocycles. The molecule has 3 aromatic rings. The summed E-state index contributed by atoms with van der Waals surface area (Å²) in [4.78, 5) is 51.0. The quantitative estimate of drug-likeness (QED) is 0.351. The van der Waals surface area contributed by atoms with Crippen molar-refractivity contribution >= 4 is 40.1 Å². The molecule has 1 aliphatic carbocycles. The van der Waals surface area contributed by atoms with Crippen LogP contribution >= 0.6 is 11.3 Å². The molecule has 8 nitrogen and oxygen atoms in total. The van der Waals surface area contributed by atoms with E-state index in [4.69, 9.17) is 4.98 Å². The number of carboxylic acid groups (broad SMARTS) is 1. The van der Waals surface area contributed by atoms with Crippen LogP contribution in [-0.4, -0.2) is 45.9 Å². The van der Waals surface area contributed by atoms with Crippen molar-refractivity contribution in [3.8, 4) is 22.4 Å². The van der Waals surface area contributed by atoms with E-state index in [0.717, 1.165) is 60.9 Å². The van der Waals surface area contributed by atoms with Gasteiger partial charge in [-0.25, -0.2) is 9.97 Å². The lowest BCUT2D eigenvalue weighted by molar-refractivity contribution is -0.142. The maximum atomic E-state index is 14.0. The number of carbonyl (C=O) groups excluding carboxylic acids is 2. The van der Waals surface area contributed by atoms with Gasteiger partial charge in [0.25, 0.3) is 0 Å². The van der Waals surface area contributed by atoms with Gasteiger partial charge in [0.05, 0.1) is 18.0 Å². The van der Waals surface area contributed by atoms with Crippen molar-refractivity contribution in [2.75, 3.05) is 22.9 Å². The molecule has 2 atom stereocenters.